The Bertz CT molecular complexity index is 1040. The second kappa shape index (κ2) is 10.2. The van der Waals surface area contributed by atoms with Gasteiger partial charge in [0.1, 0.15) is 0 Å². The minimum atomic E-state index is -0.454. The van der Waals surface area contributed by atoms with Crippen molar-refractivity contribution < 1.29 is 14.2 Å². The summed E-state index contributed by atoms with van der Waals surface area (Å²) in [6, 6.07) is 16.1. The zero-order chi connectivity index (χ0) is 23.1. The number of nitrogens with zero attached hydrogens (tertiary/aromatic N) is 4. The molecule has 0 aliphatic rings. The Morgan fingerprint density at radius 1 is 1.03 bits per heavy atom. The Labute approximate surface area is 187 Å². The van der Waals surface area contributed by atoms with Gasteiger partial charge in [0, 0.05) is 43.6 Å². The first-order chi connectivity index (χ1) is 15.2. The molecule has 0 unspecified atom stereocenters. The Morgan fingerprint density at radius 3 is 2.31 bits per heavy atom. The number of nitro benzene ring substituents is 1. The molecule has 2 aromatic carbocycles. The summed E-state index contributed by atoms with van der Waals surface area (Å²) in [6.07, 6.45) is 1.67. The van der Waals surface area contributed by atoms with Crippen molar-refractivity contribution in [3.8, 4) is 11.4 Å². The van der Waals surface area contributed by atoms with Crippen molar-refractivity contribution in [3.63, 3.8) is 0 Å². The van der Waals surface area contributed by atoms with E-state index in [1.165, 1.54) is 17.7 Å². The summed E-state index contributed by atoms with van der Waals surface area (Å²) in [5.74, 6) is 0.891. The summed E-state index contributed by atoms with van der Waals surface area (Å²) in [7, 11) is 0. The first kappa shape index (κ1) is 23.1. The molecule has 0 spiro atoms. The second-order valence-electron chi connectivity index (χ2n) is 8.92. The Balaban J connectivity index is 1.65. The molecule has 168 valence electrons. The summed E-state index contributed by atoms with van der Waals surface area (Å²) in [5, 5.41) is 14.8. The van der Waals surface area contributed by atoms with Crippen molar-refractivity contribution in [2.75, 3.05) is 13.1 Å². The number of carbonyl (C=O) groups excluding carboxylic acids is 1. The van der Waals surface area contributed by atoms with Gasteiger partial charge in [-0.15, -0.1) is 0 Å². The molecule has 0 aliphatic heterocycles. The van der Waals surface area contributed by atoms with E-state index in [-0.39, 0.29) is 17.0 Å². The average Bonchev–Trinajstić information content (AvgIpc) is 3.22. The molecular formula is C24H28N4O4. The van der Waals surface area contributed by atoms with Crippen LogP contribution in [0.4, 0.5) is 5.69 Å². The lowest BCUT2D eigenvalue weighted by Crippen LogP contribution is -2.36. The molecule has 0 radical (unpaired) electrons. The SMILES string of the molecule is CC(C)(C)CC(=O)N(CCc1ccccc1)CCc1nc(-c2ccc([N+](=O)[O-])cc2)no1. The highest BCUT2D eigenvalue weighted by molar-refractivity contribution is 5.76. The molecule has 0 bridgehead atoms. The van der Waals surface area contributed by atoms with Crippen LogP contribution >= 0.6 is 0 Å². The number of carbonyl (C=O) groups is 1. The third-order valence-corrected chi connectivity index (χ3v) is 4.95. The Morgan fingerprint density at radius 2 is 1.69 bits per heavy atom. The van der Waals surface area contributed by atoms with Crippen molar-refractivity contribution in [1.82, 2.24) is 15.0 Å². The van der Waals surface area contributed by atoms with Gasteiger partial charge in [-0.1, -0.05) is 56.3 Å². The van der Waals surface area contributed by atoms with Gasteiger partial charge < -0.3 is 9.42 Å². The van der Waals surface area contributed by atoms with Crippen molar-refractivity contribution >= 4 is 11.6 Å². The number of amides is 1. The largest absolute Gasteiger partial charge is 0.342 e. The molecule has 3 aromatic rings. The highest BCUT2D eigenvalue weighted by atomic mass is 16.6. The summed E-state index contributed by atoms with van der Waals surface area (Å²) < 4.78 is 5.36. The predicted octanol–water partition coefficient (Wildman–Crippen LogP) is 4.69. The van der Waals surface area contributed by atoms with Crippen LogP contribution in [-0.2, 0) is 17.6 Å². The molecule has 8 heteroatoms. The zero-order valence-corrected chi connectivity index (χ0v) is 18.7. The number of aromatic nitrogens is 2. The van der Waals surface area contributed by atoms with Crippen molar-refractivity contribution in [2.24, 2.45) is 5.41 Å². The van der Waals surface area contributed by atoms with Crippen molar-refractivity contribution in [2.45, 2.75) is 40.0 Å². The molecule has 0 saturated carbocycles. The normalized spacial score (nSPS) is 11.3. The van der Waals surface area contributed by atoms with Crippen LogP contribution in [0.25, 0.3) is 11.4 Å². The van der Waals surface area contributed by atoms with Crippen molar-refractivity contribution in [3.05, 3.63) is 76.2 Å². The van der Waals surface area contributed by atoms with Crippen LogP contribution < -0.4 is 0 Å². The van der Waals surface area contributed by atoms with Gasteiger partial charge in [-0.05, 0) is 29.5 Å². The lowest BCUT2D eigenvalue weighted by Gasteiger charge is -2.26. The lowest BCUT2D eigenvalue weighted by atomic mass is 9.91. The van der Waals surface area contributed by atoms with Crippen LogP contribution in [0.2, 0.25) is 0 Å². The Hall–Kier alpha value is -3.55. The summed E-state index contributed by atoms with van der Waals surface area (Å²) in [4.78, 5) is 29.5. The second-order valence-corrected chi connectivity index (χ2v) is 8.92. The molecule has 32 heavy (non-hydrogen) atoms. The summed E-state index contributed by atoms with van der Waals surface area (Å²) in [5.41, 5.74) is 1.72. The molecule has 0 N–H and O–H groups in total. The van der Waals surface area contributed by atoms with E-state index in [0.717, 1.165) is 6.42 Å². The van der Waals surface area contributed by atoms with E-state index in [1.807, 2.05) is 23.1 Å². The van der Waals surface area contributed by atoms with Gasteiger partial charge in [-0.2, -0.15) is 4.98 Å². The van der Waals surface area contributed by atoms with E-state index in [0.29, 0.717) is 43.2 Å². The molecule has 1 amide bonds. The monoisotopic (exact) mass is 436 g/mol. The molecule has 0 atom stereocenters. The first-order valence-electron chi connectivity index (χ1n) is 10.6. The average molecular weight is 437 g/mol. The number of hydrogen-bond donors (Lipinski definition) is 0. The molecule has 1 aromatic heterocycles. The number of nitro groups is 1. The van der Waals surface area contributed by atoms with E-state index in [1.54, 1.807) is 12.1 Å². The maximum atomic E-state index is 12.9. The van der Waals surface area contributed by atoms with Gasteiger partial charge in [-0.3, -0.25) is 14.9 Å². The molecule has 1 heterocycles. The highest BCUT2D eigenvalue weighted by Gasteiger charge is 2.22. The Kier molecular flexibility index (Phi) is 7.35. The van der Waals surface area contributed by atoms with Crippen LogP contribution in [0.15, 0.2) is 59.1 Å². The van der Waals surface area contributed by atoms with Gasteiger partial charge in [-0.25, -0.2) is 0 Å². The third-order valence-electron chi connectivity index (χ3n) is 4.95. The molecular weight excluding hydrogens is 408 g/mol. The minimum absolute atomic E-state index is 0.00360. The molecule has 3 rings (SSSR count). The topological polar surface area (TPSA) is 102 Å². The fourth-order valence-corrected chi connectivity index (χ4v) is 3.27. The van der Waals surface area contributed by atoms with E-state index in [2.05, 4.69) is 43.0 Å². The third kappa shape index (κ3) is 6.73. The van der Waals surface area contributed by atoms with Gasteiger partial charge in [0.05, 0.1) is 4.92 Å². The fraction of sp³-hybridized carbons (Fsp3) is 0.375. The van der Waals surface area contributed by atoms with Gasteiger partial charge >= 0.3 is 0 Å². The maximum absolute atomic E-state index is 12.9. The van der Waals surface area contributed by atoms with Gasteiger partial charge in [0.2, 0.25) is 17.6 Å². The summed E-state index contributed by atoms with van der Waals surface area (Å²) in [6.45, 7) is 7.24. The number of non-ortho nitro benzene ring substituents is 1. The summed E-state index contributed by atoms with van der Waals surface area (Å²) >= 11 is 0. The lowest BCUT2D eigenvalue weighted by molar-refractivity contribution is -0.384. The minimum Gasteiger partial charge on any atom is -0.342 e. The van der Waals surface area contributed by atoms with Crippen LogP contribution in [0, 0.1) is 15.5 Å². The van der Waals surface area contributed by atoms with Gasteiger partial charge in [0.15, 0.2) is 0 Å². The molecule has 0 saturated heterocycles. The standard InChI is InChI=1S/C24H28N4O4/c1-24(2,3)17-22(29)27(15-13-18-7-5-4-6-8-18)16-14-21-25-23(26-32-21)19-9-11-20(12-10-19)28(30)31/h4-12H,13-17H2,1-3H3. The number of benzene rings is 2. The number of rotatable bonds is 9. The molecule has 8 nitrogen and oxygen atoms in total. The smallest absolute Gasteiger partial charge is 0.269 e. The first-order valence-corrected chi connectivity index (χ1v) is 10.6. The maximum Gasteiger partial charge on any atom is 0.269 e. The van der Waals surface area contributed by atoms with E-state index < -0.39 is 4.92 Å². The van der Waals surface area contributed by atoms with Gasteiger partial charge in [0.25, 0.3) is 5.69 Å². The van der Waals surface area contributed by atoms with Crippen molar-refractivity contribution in [1.29, 1.82) is 0 Å². The van der Waals surface area contributed by atoms with E-state index in [9.17, 15) is 14.9 Å². The highest BCUT2D eigenvalue weighted by Crippen LogP contribution is 2.22. The molecule has 0 fully saturated rings. The van der Waals surface area contributed by atoms with E-state index in [4.69, 9.17) is 4.52 Å². The quantitative estimate of drug-likeness (QED) is 0.356. The van der Waals surface area contributed by atoms with E-state index >= 15 is 0 Å². The van der Waals surface area contributed by atoms with Crippen LogP contribution in [0.3, 0.4) is 0 Å². The fourth-order valence-electron chi connectivity index (χ4n) is 3.27. The predicted molar refractivity (Wildman–Crippen MR) is 121 cm³/mol. The van der Waals surface area contributed by atoms with Crippen LogP contribution in [-0.4, -0.2) is 39.0 Å². The zero-order valence-electron chi connectivity index (χ0n) is 18.7. The number of hydrogen-bond acceptors (Lipinski definition) is 6. The van der Waals surface area contributed by atoms with Crippen LogP contribution in [0.1, 0.15) is 38.6 Å². The van der Waals surface area contributed by atoms with Crippen LogP contribution in [0.5, 0.6) is 0 Å². The molecule has 0 aliphatic carbocycles.